The van der Waals surface area contributed by atoms with Gasteiger partial charge in [-0.15, -0.1) is 0 Å². The minimum atomic E-state index is -3.81. The molecule has 1 unspecified atom stereocenters. The van der Waals surface area contributed by atoms with Crippen molar-refractivity contribution >= 4 is 17.3 Å². The van der Waals surface area contributed by atoms with E-state index in [1.807, 2.05) is 0 Å². The number of nitrogens with two attached hydrogens (primary N) is 1. The fourth-order valence-corrected chi connectivity index (χ4v) is 3.61. The Morgan fingerprint density at radius 3 is 1.63 bits per heavy atom. The number of ketones is 3. The topological polar surface area (TPSA) is 118 Å². The zero-order chi connectivity index (χ0) is 30.9. The fourth-order valence-electron chi connectivity index (χ4n) is 3.61. The molecule has 6 nitrogen and oxygen atoms in total. The van der Waals surface area contributed by atoms with Crippen molar-refractivity contribution in [1.29, 1.82) is 0 Å². The van der Waals surface area contributed by atoms with Gasteiger partial charge in [-0.2, -0.15) is 0 Å². The predicted molar refractivity (Wildman–Crippen MR) is 120 cm³/mol. The van der Waals surface area contributed by atoms with E-state index >= 15 is 0 Å². The van der Waals surface area contributed by atoms with Gasteiger partial charge in [0.05, 0.1) is 24.1 Å². The third-order valence-electron chi connectivity index (χ3n) is 5.52. The van der Waals surface area contributed by atoms with Gasteiger partial charge in [-0.3, -0.25) is 14.4 Å². The van der Waals surface area contributed by atoms with Crippen LogP contribution in [-0.4, -0.2) is 46.2 Å². The highest BCUT2D eigenvalue weighted by molar-refractivity contribution is 6.22. The molecule has 0 aliphatic heterocycles. The van der Waals surface area contributed by atoms with E-state index in [0.717, 1.165) is 44.9 Å². The van der Waals surface area contributed by atoms with Crippen LogP contribution in [-0.2, 0) is 14.4 Å². The summed E-state index contributed by atoms with van der Waals surface area (Å²) in [6.45, 7) is 0.0423. The maximum Gasteiger partial charge on any atom is 0.150 e. The predicted octanol–water partition coefficient (Wildman–Crippen LogP) is 3.88. The van der Waals surface area contributed by atoms with Crippen LogP contribution in [0.15, 0.2) is 0 Å². The van der Waals surface area contributed by atoms with Crippen LogP contribution in [0.25, 0.3) is 0 Å². The van der Waals surface area contributed by atoms with Gasteiger partial charge in [-0.1, -0.05) is 77.0 Å². The summed E-state index contributed by atoms with van der Waals surface area (Å²) in [5.74, 6) is -1.22. The van der Waals surface area contributed by atoms with E-state index in [1.54, 1.807) is 0 Å². The van der Waals surface area contributed by atoms with E-state index < -0.39 is 59.9 Å². The van der Waals surface area contributed by atoms with Crippen molar-refractivity contribution in [3.8, 4) is 0 Å². The fraction of sp³-hybridized carbons (Fsp3) is 0.875. The molecule has 0 saturated carbocycles. The van der Waals surface area contributed by atoms with Crippen molar-refractivity contribution in [3.05, 3.63) is 0 Å². The highest BCUT2D eigenvalue weighted by Crippen LogP contribution is 2.29. The number of carbonyl (C=O) groups excluding carboxylic acids is 3. The first-order chi connectivity index (χ1) is 17.7. The Morgan fingerprint density at radius 2 is 1.27 bits per heavy atom. The number of hydrogen-bond acceptors (Lipinski definition) is 6. The highest BCUT2D eigenvalue weighted by atomic mass is 16.3. The van der Waals surface area contributed by atoms with Gasteiger partial charge in [-0.25, -0.2) is 0 Å². The maximum absolute atomic E-state index is 12.0. The van der Waals surface area contributed by atoms with Gasteiger partial charge in [0.1, 0.15) is 8.24 Å². The maximum atomic E-state index is 12.0. The lowest BCUT2D eigenvalue weighted by atomic mass is 9.73. The second kappa shape index (κ2) is 16.6. The molecule has 4 N–H and O–H groups in total. The Balaban J connectivity index is 4.41. The summed E-state index contributed by atoms with van der Waals surface area (Å²) in [4.78, 5) is 35.9. The van der Waals surface area contributed by atoms with E-state index in [9.17, 15) is 24.6 Å². The number of unbranched alkanes of at least 4 members (excludes halogenated alkanes) is 9. The van der Waals surface area contributed by atoms with Crippen LogP contribution in [0.2, 0.25) is 2.82 Å². The van der Waals surface area contributed by atoms with E-state index in [1.165, 1.54) is 20.8 Å². The number of aliphatic hydroxyl groups is 2. The third kappa shape index (κ3) is 10.8. The number of Topliss-reactive ketones (excluding diaryl/α,β-unsaturated/α-hetero) is 3. The number of rotatable bonds is 21. The Bertz CT molecular complexity index is 784. The Kier molecular flexibility index (Phi) is 9.12. The lowest BCUT2D eigenvalue weighted by Gasteiger charge is -2.25. The van der Waals surface area contributed by atoms with Crippen molar-refractivity contribution in [3.63, 3.8) is 0 Å². The molecule has 0 fully saturated rings. The molecule has 0 aliphatic carbocycles. The van der Waals surface area contributed by atoms with Crippen molar-refractivity contribution in [2.45, 2.75) is 123 Å². The van der Waals surface area contributed by atoms with Crippen LogP contribution in [0.1, 0.15) is 120 Å². The second-order valence-corrected chi connectivity index (χ2v) is 7.81. The Hall–Kier alpha value is -1.11. The van der Waals surface area contributed by atoms with Gasteiger partial charge in [0.2, 0.25) is 0 Å². The first kappa shape index (κ1) is 16.5. The summed E-state index contributed by atoms with van der Waals surface area (Å²) in [5.41, 5.74) is -2.28. The molecule has 0 bridgehead atoms. The van der Waals surface area contributed by atoms with Gasteiger partial charge >= 0.3 is 0 Å². The van der Waals surface area contributed by atoms with Crippen molar-refractivity contribution < 1.29 is 37.0 Å². The van der Waals surface area contributed by atoms with Crippen molar-refractivity contribution in [2.24, 2.45) is 11.1 Å². The second-order valence-electron chi connectivity index (χ2n) is 7.81. The molecule has 30 heavy (non-hydrogen) atoms. The monoisotopic (exact) mass is 436 g/mol. The summed E-state index contributed by atoms with van der Waals surface area (Å²) in [6.07, 6.45) is -0.767. The van der Waals surface area contributed by atoms with Gasteiger partial charge < -0.3 is 15.9 Å². The van der Waals surface area contributed by atoms with Crippen LogP contribution >= 0.6 is 0 Å². The highest BCUT2D eigenvalue weighted by Gasteiger charge is 2.44. The summed E-state index contributed by atoms with van der Waals surface area (Å²) in [7, 11) is 0. The first-order valence-corrected chi connectivity index (χ1v) is 10.8. The largest absolute Gasteiger partial charge is 0.395 e. The van der Waals surface area contributed by atoms with Crippen molar-refractivity contribution in [2.75, 3.05) is 6.56 Å². The summed E-state index contributed by atoms with van der Waals surface area (Å²) < 4.78 is 68.7. The summed E-state index contributed by atoms with van der Waals surface area (Å²) in [5, 5.41) is 20.0. The zero-order valence-corrected chi connectivity index (χ0v) is 18.6. The molecule has 0 aromatic carbocycles. The molecule has 0 aliphatic rings. The minimum absolute atomic E-state index is 0.114. The normalized spacial score (nSPS) is 22.4. The molecule has 0 saturated heterocycles. The molecule has 0 heterocycles. The van der Waals surface area contributed by atoms with Crippen LogP contribution in [0, 0.1) is 5.41 Å². The van der Waals surface area contributed by atoms with Gasteiger partial charge in [0.25, 0.3) is 0 Å². The van der Waals surface area contributed by atoms with Crippen molar-refractivity contribution in [1.82, 2.24) is 0 Å². The summed E-state index contributed by atoms with van der Waals surface area (Å²) in [6, 6.07) is -3.74. The lowest BCUT2D eigenvalue weighted by Crippen LogP contribution is -2.43. The van der Waals surface area contributed by atoms with Crippen LogP contribution in [0.5, 0.6) is 0 Å². The smallest absolute Gasteiger partial charge is 0.150 e. The minimum Gasteiger partial charge on any atom is -0.395 e. The average Bonchev–Trinajstić information content (AvgIpc) is 2.79. The van der Waals surface area contributed by atoms with Crippen LogP contribution < -0.4 is 5.72 Å². The molecule has 0 rings (SSSR count). The van der Waals surface area contributed by atoms with E-state index in [4.69, 9.17) is 12.4 Å². The SMILES string of the molecule is [2H]C(CCCCCCCCCCCCC(C(C)=O)(C(C)=O)C(C)=O)C([2H])([2H])[C@@]([2H])(O)[C@@]([2H])(N([2H])[2H])C([2H])([2H])O. The van der Waals surface area contributed by atoms with Gasteiger partial charge in [0, 0.05) is 4.11 Å². The molecular weight excluding hydrogens is 382 g/mol. The third-order valence-corrected chi connectivity index (χ3v) is 5.52. The van der Waals surface area contributed by atoms with E-state index in [2.05, 4.69) is 0 Å². The number of carbonyl (C=O) groups is 3. The van der Waals surface area contributed by atoms with E-state index in [-0.39, 0.29) is 12.8 Å². The molecule has 0 radical (unpaired) electrons. The molecule has 176 valence electrons. The quantitative estimate of drug-likeness (QED) is 0.186. The molecule has 6 heteroatoms. The first-order valence-electron chi connectivity index (χ1n) is 15.3. The molecule has 0 aromatic rings. The van der Waals surface area contributed by atoms with E-state index in [0.29, 0.717) is 19.3 Å². The molecule has 0 aromatic heterocycles. The van der Waals surface area contributed by atoms with Gasteiger partial charge in [0.15, 0.2) is 17.3 Å². The molecule has 3 atom stereocenters. The Labute approximate surface area is 195 Å². The Morgan fingerprint density at radius 1 is 0.867 bits per heavy atom. The average molecular weight is 437 g/mol. The lowest BCUT2D eigenvalue weighted by molar-refractivity contribution is -0.147. The molecule has 0 amide bonds. The van der Waals surface area contributed by atoms with Gasteiger partial charge in [-0.05, 0) is 33.6 Å². The number of hydrogen-bond donors (Lipinski definition) is 3. The standard InChI is InChI=1S/C24H45NO5/c1-19(27)24(20(2)28,21(3)29)17-15-13-11-9-7-5-4-6-8-10-12-14-16-23(30)22(25)18-26/h22-23,26,30H,4-18,25H2,1-3H3/t22-,23+/m0/s1/i14D,16D2,18D2,22D,23D/hD2/t14?,22-,23+. The summed E-state index contributed by atoms with van der Waals surface area (Å²) >= 11 is 0. The molecule has 0 spiro atoms. The van der Waals surface area contributed by atoms with Crippen LogP contribution in [0.4, 0.5) is 0 Å². The zero-order valence-electron chi connectivity index (χ0n) is 27.6. The van der Waals surface area contributed by atoms with Crippen LogP contribution in [0.3, 0.4) is 0 Å². The molecular formula is C24H45NO5.